The Morgan fingerprint density at radius 1 is 1.03 bits per heavy atom. The number of aromatic nitrogens is 3. The van der Waals surface area contributed by atoms with Crippen molar-refractivity contribution in [1.29, 1.82) is 0 Å². The first-order chi connectivity index (χ1) is 14.1. The number of imidazole rings is 1. The van der Waals surface area contributed by atoms with Crippen LogP contribution < -0.4 is 10.1 Å². The summed E-state index contributed by atoms with van der Waals surface area (Å²) in [5.74, 6) is 1.62. The van der Waals surface area contributed by atoms with Crippen LogP contribution in [0.3, 0.4) is 0 Å². The highest BCUT2D eigenvalue weighted by Crippen LogP contribution is 2.34. The molecular formula is C23H20N4OS. The molecule has 5 aromatic rings. The van der Waals surface area contributed by atoms with Gasteiger partial charge < -0.3 is 10.1 Å². The van der Waals surface area contributed by atoms with Crippen molar-refractivity contribution in [3.63, 3.8) is 0 Å². The Kier molecular flexibility index (Phi) is 4.21. The van der Waals surface area contributed by atoms with Gasteiger partial charge in [0.2, 0.25) is 0 Å². The number of rotatable bonds is 4. The van der Waals surface area contributed by atoms with Gasteiger partial charge in [-0.25, -0.2) is 9.50 Å². The fourth-order valence-corrected chi connectivity index (χ4v) is 4.53. The molecule has 3 aromatic heterocycles. The van der Waals surface area contributed by atoms with Crippen molar-refractivity contribution in [2.45, 2.75) is 13.8 Å². The number of aryl methyl sites for hydroxylation is 1. The maximum absolute atomic E-state index is 5.49. The topological polar surface area (TPSA) is 51.5 Å². The lowest BCUT2D eigenvalue weighted by atomic mass is 10.1. The molecular weight excluding hydrogens is 380 g/mol. The van der Waals surface area contributed by atoms with Gasteiger partial charge in [-0.1, -0.05) is 18.2 Å². The Bertz CT molecular complexity index is 1320. The van der Waals surface area contributed by atoms with Crippen LogP contribution in [0.5, 0.6) is 5.75 Å². The first-order valence-corrected chi connectivity index (χ1v) is 10.2. The summed E-state index contributed by atoms with van der Waals surface area (Å²) in [5.41, 5.74) is 5.06. The predicted octanol–water partition coefficient (Wildman–Crippen LogP) is 5.98. The molecule has 1 N–H and O–H groups in total. The second kappa shape index (κ2) is 6.90. The van der Waals surface area contributed by atoms with E-state index < -0.39 is 0 Å². The summed E-state index contributed by atoms with van der Waals surface area (Å²) in [6.45, 7) is 4.14. The number of hydrogen-bond acceptors (Lipinski definition) is 5. The second-order valence-corrected chi connectivity index (χ2v) is 8.11. The third-order valence-electron chi connectivity index (χ3n) is 5.15. The number of ether oxygens (including phenoxy) is 1. The van der Waals surface area contributed by atoms with Gasteiger partial charge in [0.25, 0.3) is 0 Å². The van der Waals surface area contributed by atoms with Crippen LogP contribution in [0.1, 0.15) is 11.1 Å². The van der Waals surface area contributed by atoms with Crippen LogP contribution in [0.25, 0.3) is 26.3 Å². The maximum Gasteiger partial charge on any atom is 0.154 e. The summed E-state index contributed by atoms with van der Waals surface area (Å²) in [4.78, 5) is 5.68. The molecule has 0 aliphatic heterocycles. The monoisotopic (exact) mass is 400 g/mol. The summed E-state index contributed by atoms with van der Waals surface area (Å²) >= 11 is 1.75. The average molecular weight is 401 g/mol. The Balaban J connectivity index is 1.55. The second-order valence-electron chi connectivity index (χ2n) is 7.03. The molecule has 2 aromatic carbocycles. The number of benzene rings is 2. The van der Waals surface area contributed by atoms with Crippen LogP contribution in [-0.2, 0) is 0 Å². The Morgan fingerprint density at radius 2 is 1.90 bits per heavy atom. The quantitative estimate of drug-likeness (QED) is 0.403. The van der Waals surface area contributed by atoms with Crippen molar-refractivity contribution >= 4 is 38.6 Å². The van der Waals surface area contributed by atoms with Gasteiger partial charge >= 0.3 is 0 Å². The smallest absolute Gasteiger partial charge is 0.154 e. The third-order valence-corrected chi connectivity index (χ3v) is 6.29. The molecule has 0 saturated heterocycles. The van der Waals surface area contributed by atoms with Crippen molar-refractivity contribution in [2.75, 3.05) is 12.4 Å². The molecule has 0 atom stereocenters. The number of nitrogens with one attached hydrogen (secondary N) is 1. The van der Waals surface area contributed by atoms with E-state index in [2.05, 4.69) is 60.5 Å². The van der Waals surface area contributed by atoms with Gasteiger partial charge in [-0.05, 0) is 60.7 Å². The average Bonchev–Trinajstić information content (AvgIpc) is 3.33. The molecule has 0 spiro atoms. The van der Waals surface area contributed by atoms with E-state index in [1.165, 1.54) is 15.6 Å². The van der Waals surface area contributed by atoms with Crippen molar-refractivity contribution in [2.24, 2.45) is 0 Å². The highest BCUT2D eigenvalue weighted by atomic mass is 32.1. The van der Waals surface area contributed by atoms with Gasteiger partial charge in [0.15, 0.2) is 11.5 Å². The first kappa shape index (κ1) is 17.7. The minimum atomic E-state index is 0.753. The highest BCUT2D eigenvalue weighted by molar-refractivity contribution is 7.22. The molecule has 0 aliphatic carbocycles. The summed E-state index contributed by atoms with van der Waals surface area (Å²) in [6.07, 6.45) is 1.88. The van der Waals surface area contributed by atoms with Crippen molar-refractivity contribution in [1.82, 2.24) is 14.6 Å². The van der Waals surface area contributed by atoms with Gasteiger partial charge in [-0.3, -0.25) is 0 Å². The minimum Gasteiger partial charge on any atom is -0.496 e. The van der Waals surface area contributed by atoms with Crippen molar-refractivity contribution < 1.29 is 4.74 Å². The number of nitrogens with zero attached hydrogens (tertiary/aromatic N) is 3. The molecule has 29 heavy (non-hydrogen) atoms. The predicted molar refractivity (Wildman–Crippen MR) is 120 cm³/mol. The molecule has 5 nitrogen and oxygen atoms in total. The van der Waals surface area contributed by atoms with Crippen molar-refractivity contribution in [3.8, 4) is 16.3 Å². The fraction of sp³-hybridized carbons (Fsp3) is 0.130. The van der Waals surface area contributed by atoms with Gasteiger partial charge in [0.1, 0.15) is 11.4 Å². The number of fused-ring (bicyclic) bond motifs is 2. The number of methoxy groups -OCH3 is 1. The molecule has 6 heteroatoms. The van der Waals surface area contributed by atoms with Crippen LogP contribution in [0.2, 0.25) is 0 Å². The standard InChI is InChI=1S/C23H20N4OS/c1-14-10-17(12-19(28-3)15(14)2)25-22-8-9-23-24-13-18(27(23)26-22)21-11-16-6-4-5-7-20(16)29-21/h4-13H,1-3H3,(H,25,26). The zero-order valence-corrected chi connectivity index (χ0v) is 17.2. The molecule has 0 aliphatic rings. The zero-order chi connectivity index (χ0) is 20.0. The fourth-order valence-electron chi connectivity index (χ4n) is 3.48. The van der Waals surface area contributed by atoms with Gasteiger partial charge in [-0.15, -0.1) is 16.4 Å². The van der Waals surface area contributed by atoms with Crippen molar-refractivity contribution in [3.05, 3.63) is 71.9 Å². The lowest BCUT2D eigenvalue weighted by molar-refractivity contribution is 0.411. The number of thiophene rings is 1. The Hall–Kier alpha value is -3.38. The van der Waals surface area contributed by atoms with Crippen LogP contribution in [0.4, 0.5) is 11.5 Å². The van der Waals surface area contributed by atoms with Gasteiger partial charge in [-0.2, -0.15) is 0 Å². The molecule has 0 radical (unpaired) electrons. The number of anilines is 2. The van der Waals surface area contributed by atoms with E-state index in [9.17, 15) is 0 Å². The molecule has 5 rings (SSSR count). The lowest BCUT2D eigenvalue weighted by Gasteiger charge is -2.12. The van der Waals surface area contributed by atoms with E-state index in [4.69, 9.17) is 9.84 Å². The number of hydrogen-bond donors (Lipinski definition) is 1. The van der Waals surface area contributed by atoms with E-state index in [-0.39, 0.29) is 0 Å². The normalized spacial score (nSPS) is 11.3. The minimum absolute atomic E-state index is 0.753. The van der Waals surface area contributed by atoms with Crippen LogP contribution in [0.15, 0.2) is 60.8 Å². The highest BCUT2D eigenvalue weighted by Gasteiger charge is 2.12. The van der Waals surface area contributed by atoms with E-state index in [0.29, 0.717) is 0 Å². The van der Waals surface area contributed by atoms with Crippen LogP contribution in [-0.4, -0.2) is 21.7 Å². The Labute approximate surface area is 172 Å². The Morgan fingerprint density at radius 3 is 2.72 bits per heavy atom. The SMILES string of the molecule is COc1cc(Nc2ccc3ncc(-c4cc5ccccc5s4)n3n2)cc(C)c1C. The lowest BCUT2D eigenvalue weighted by Crippen LogP contribution is -2.01. The molecule has 0 bridgehead atoms. The maximum atomic E-state index is 5.49. The molecule has 0 unspecified atom stereocenters. The van der Waals surface area contributed by atoms with E-state index in [1.54, 1.807) is 18.4 Å². The summed E-state index contributed by atoms with van der Waals surface area (Å²) in [6, 6.07) is 18.6. The van der Waals surface area contributed by atoms with E-state index >= 15 is 0 Å². The van der Waals surface area contributed by atoms with Crippen LogP contribution in [0, 0.1) is 13.8 Å². The van der Waals surface area contributed by atoms with E-state index in [0.717, 1.165) is 39.0 Å². The van der Waals surface area contributed by atoms with Gasteiger partial charge in [0, 0.05) is 16.5 Å². The molecule has 0 saturated carbocycles. The van der Waals surface area contributed by atoms with Crippen LogP contribution >= 0.6 is 11.3 Å². The van der Waals surface area contributed by atoms with E-state index in [1.807, 2.05) is 28.9 Å². The molecule has 0 fully saturated rings. The molecule has 3 heterocycles. The summed E-state index contributed by atoms with van der Waals surface area (Å²) in [7, 11) is 1.69. The summed E-state index contributed by atoms with van der Waals surface area (Å²) < 4.78 is 8.65. The zero-order valence-electron chi connectivity index (χ0n) is 16.4. The summed E-state index contributed by atoms with van der Waals surface area (Å²) in [5, 5.41) is 9.43. The largest absolute Gasteiger partial charge is 0.496 e. The first-order valence-electron chi connectivity index (χ1n) is 9.38. The van der Waals surface area contributed by atoms with Gasteiger partial charge in [0.05, 0.1) is 18.2 Å². The molecule has 144 valence electrons. The molecule has 0 amide bonds. The third kappa shape index (κ3) is 3.11.